The highest BCUT2D eigenvalue weighted by Gasteiger charge is 2.23. The van der Waals surface area contributed by atoms with Gasteiger partial charge in [-0.15, -0.1) is 11.3 Å². The summed E-state index contributed by atoms with van der Waals surface area (Å²) >= 11 is 1.37. The van der Waals surface area contributed by atoms with Crippen molar-refractivity contribution < 1.29 is 4.79 Å². The molecule has 1 amide bonds. The van der Waals surface area contributed by atoms with E-state index >= 15 is 0 Å². The van der Waals surface area contributed by atoms with Crippen LogP contribution in [0.2, 0.25) is 0 Å². The normalized spacial score (nSPS) is 18.2. The number of carbonyl (C=O) groups excluding carboxylic acids is 1. The zero-order valence-corrected chi connectivity index (χ0v) is 18.2. The average Bonchev–Trinajstić information content (AvgIpc) is 2.83. The summed E-state index contributed by atoms with van der Waals surface area (Å²) in [7, 11) is 3.93. The second-order valence-corrected chi connectivity index (χ2v) is 8.69. The number of hydrogen-bond acceptors (Lipinski definition) is 7. The van der Waals surface area contributed by atoms with Crippen LogP contribution < -0.4 is 16.8 Å². The highest BCUT2D eigenvalue weighted by atomic mass is 32.1. The topological polar surface area (TPSA) is 101 Å². The van der Waals surface area contributed by atoms with Gasteiger partial charge in [0.05, 0.1) is 15.9 Å². The number of allylic oxidation sites excluding steroid dienone is 1. The number of hydrogen-bond donors (Lipinski definition) is 3. The smallest absolute Gasteiger partial charge is 0.260 e. The number of carbonyl (C=O) groups is 1. The van der Waals surface area contributed by atoms with Crippen LogP contribution in [0.15, 0.2) is 36.3 Å². The molecule has 3 rings (SSSR count). The number of aromatic nitrogens is 1. The lowest BCUT2D eigenvalue weighted by atomic mass is 10.1. The SMILES string of the molecule is C=C/C(NC(=O)c1c(N)sc2ccc(C)nc12)=C(\N(C)C)N1CCCC(N)CC1. The number of fused-ring (bicyclic) bond motifs is 1. The number of nitrogens with zero attached hydrogens (tertiary/aromatic N) is 3. The van der Waals surface area contributed by atoms with E-state index in [4.69, 9.17) is 11.5 Å². The molecule has 0 saturated carbocycles. The first-order chi connectivity index (χ1) is 13.8. The first-order valence-electron chi connectivity index (χ1n) is 9.83. The fourth-order valence-electron chi connectivity index (χ4n) is 3.72. The third-order valence-corrected chi connectivity index (χ3v) is 6.09. The van der Waals surface area contributed by atoms with Crippen LogP contribution in [0.1, 0.15) is 35.3 Å². The number of thiophene rings is 1. The van der Waals surface area contributed by atoms with Crippen molar-refractivity contribution in [2.24, 2.45) is 5.73 Å². The third-order valence-electron chi connectivity index (χ3n) is 5.12. The Morgan fingerprint density at radius 2 is 2.14 bits per heavy atom. The molecule has 29 heavy (non-hydrogen) atoms. The van der Waals surface area contributed by atoms with Crippen LogP contribution in [0.4, 0.5) is 5.00 Å². The zero-order valence-electron chi connectivity index (χ0n) is 17.4. The average molecular weight is 415 g/mol. The fraction of sp³-hybridized carbons (Fsp3) is 0.429. The fourth-order valence-corrected chi connectivity index (χ4v) is 4.63. The van der Waals surface area contributed by atoms with Gasteiger partial charge in [0.2, 0.25) is 0 Å². The van der Waals surface area contributed by atoms with Crippen molar-refractivity contribution in [2.45, 2.75) is 32.2 Å². The summed E-state index contributed by atoms with van der Waals surface area (Å²) < 4.78 is 0.900. The molecule has 7 nitrogen and oxygen atoms in total. The Bertz CT molecular complexity index is 948. The summed E-state index contributed by atoms with van der Waals surface area (Å²) in [4.78, 5) is 22.0. The molecule has 0 spiro atoms. The van der Waals surface area contributed by atoms with Gasteiger partial charge in [0.25, 0.3) is 5.91 Å². The molecular weight excluding hydrogens is 384 g/mol. The van der Waals surface area contributed by atoms with Gasteiger partial charge < -0.3 is 26.6 Å². The number of likely N-dealkylation sites (tertiary alicyclic amines) is 1. The van der Waals surface area contributed by atoms with Gasteiger partial charge >= 0.3 is 0 Å². The van der Waals surface area contributed by atoms with Crippen molar-refractivity contribution >= 4 is 32.5 Å². The Balaban J connectivity index is 1.96. The van der Waals surface area contributed by atoms with Crippen LogP contribution in [0.25, 0.3) is 10.2 Å². The second-order valence-electron chi connectivity index (χ2n) is 7.61. The van der Waals surface area contributed by atoms with Gasteiger partial charge in [0.1, 0.15) is 16.4 Å². The number of rotatable bonds is 5. The Morgan fingerprint density at radius 1 is 1.38 bits per heavy atom. The summed E-state index contributed by atoms with van der Waals surface area (Å²) in [5.41, 5.74) is 14.9. The van der Waals surface area contributed by atoms with Crippen molar-refractivity contribution in [3.8, 4) is 0 Å². The van der Waals surface area contributed by atoms with E-state index in [1.54, 1.807) is 6.08 Å². The predicted octanol–water partition coefficient (Wildman–Crippen LogP) is 2.65. The van der Waals surface area contributed by atoms with Gasteiger partial charge in [-0.1, -0.05) is 6.58 Å². The molecule has 1 aliphatic rings. The Hall–Kier alpha value is -2.58. The van der Waals surface area contributed by atoms with Gasteiger partial charge in [-0.05, 0) is 44.4 Å². The van der Waals surface area contributed by atoms with Crippen LogP contribution in [-0.2, 0) is 0 Å². The maximum Gasteiger partial charge on any atom is 0.260 e. The van der Waals surface area contributed by atoms with E-state index in [2.05, 4.69) is 21.8 Å². The van der Waals surface area contributed by atoms with Gasteiger partial charge in [-0.2, -0.15) is 0 Å². The Labute approximate surface area is 176 Å². The van der Waals surface area contributed by atoms with Crippen LogP contribution in [0, 0.1) is 6.92 Å². The van der Waals surface area contributed by atoms with E-state index in [1.165, 1.54) is 11.3 Å². The summed E-state index contributed by atoms with van der Waals surface area (Å²) in [6, 6.07) is 4.09. The quantitative estimate of drug-likeness (QED) is 0.651. The minimum atomic E-state index is -0.271. The van der Waals surface area contributed by atoms with Gasteiger partial charge in [0, 0.05) is 38.9 Å². The molecule has 1 saturated heterocycles. The van der Waals surface area contributed by atoms with Gasteiger partial charge in [-0.25, -0.2) is 0 Å². The van der Waals surface area contributed by atoms with E-state index in [0.717, 1.165) is 48.6 Å². The minimum Gasteiger partial charge on any atom is -0.390 e. The van der Waals surface area contributed by atoms with Crippen LogP contribution >= 0.6 is 11.3 Å². The zero-order chi connectivity index (χ0) is 21.1. The molecular formula is C21H30N6OS. The molecule has 0 aliphatic carbocycles. The number of nitrogen functional groups attached to an aromatic ring is 1. The number of nitrogens with one attached hydrogen (secondary N) is 1. The molecule has 0 bridgehead atoms. The second kappa shape index (κ2) is 8.84. The van der Waals surface area contributed by atoms with E-state index in [-0.39, 0.29) is 11.9 Å². The maximum absolute atomic E-state index is 13.2. The number of anilines is 1. The van der Waals surface area contributed by atoms with Crippen molar-refractivity contribution in [1.82, 2.24) is 20.1 Å². The van der Waals surface area contributed by atoms with Crippen LogP contribution in [-0.4, -0.2) is 53.9 Å². The summed E-state index contributed by atoms with van der Waals surface area (Å²) in [6.45, 7) is 7.56. The molecule has 5 N–H and O–H groups in total. The van der Waals surface area contributed by atoms with Crippen molar-refractivity contribution in [3.63, 3.8) is 0 Å². The molecule has 2 aromatic rings. The predicted molar refractivity (Wildman–Crippen MR) is 121 cm³/mol. The molecule has 156 valence electrons. The number of pyridine rings is 1. The maximum atomic E-state index is 13.2. The number of aryl methyl sites for hydroxylation is 1. The van der Waals surface area contributed by atoms with Crippen molar-refractivity contribution in [3.05, 3.63) is 47.6 Å². The van der Waals surface area contributed by atoms with E-state index < -0.39 is 0 Å². The molecule has 1 atom stereocenters. The largest absolute Gasteiger partial charge is 0.390 e. The monoisotopic (exact) mass is 414 g/mol. The van der Waals surface area contributed by atoms with Gasteiger partial charge in [0.15, 0.2) is 0 Å². The lowest BCUT2D eigenvalue weighted by Crippen LogP contribution is -2.37. The van der Waals surface area contributed by atoms with Crippen molar-refractivity contribution in [2.75, 3.05) is 32.9 Å². The van der Waals surface area contributed by atoms with Crippen LogP contribution in [0.5, 0.6) is 0 Å². The third kappa shape index (κ3) is 4.54. The molecule has 2 aromatic heterocycles. The van der Waals surface area contributed by atoms with Crippen LogP contribution in [0.3, 0.4) is 0 Å². The molecule has 1 aliphatic heterocycles. The molecule has 1 fully saturated rings. The first kappa shape index (κ1) is 21.1. The minimum absolute atomic E-state index is 0.219. The summed E-state index contributed by atoms with van der Waals surface area (Å²) in [5.74, 6) is 0.650. The highest BCUT2D eigenvalue weighted by Crippen LogP contribution is 2.32. The number of amides is 1. The van der Waals surface area contributed by atoms with E-state index in [9.17, 15) is 4.79 Å². The standard InChI is InChI=1S/C21H30N6OS/c1-5-15(21(26(3)4)27-11-6-7-14(22)10-12-27)25-20(28)17-18-16(29-19(17)23)9-8-13(2)24-18/h5,8-9,14H,1,6-7,10-12,22-23H2,2-4H3,(H,25,28)/b21-15-. The van der Waals surface area contributed by atoms with E-state index in [0.29, 0.717) is 21.8 Å². The Morgan fingerprint density at radius 3 is 2.83 bits per heavy atom. The molecule has 1 unspecified atom stereocenters. The summed E-state index contributed by atoms with van der Waals surface area (Å²) in [6.07, 6.45) is 4.63. The number of nitrogens with two attached hydrogens (primary N) is 2. The lowest BCUT2D eigenvalue weighted by molar-refractivity contribution is 0.0966. The lowest BCUT2D eigenvalue weighted by Gasteiger charge is -2.32. The Kier molecular flexibility index (Phi) is 6.44. The summed E-state index contributed by atoms with van der Waals surface area (Å²) in [5, 5.41) is 3.49. The van der Waals surface area contributed by atoms with E-state index in [1.807, 2.05) is 38.1 Å². The molecule has 0 radical (unpaired) electrons. The molecule has 0 aromatic carbocycles. The van der Waals surface area contributed by atoms with Gasteiger partial charge in [-0.3, -0.25) is 9.78 Å². The van der Waals surface area contributed by atoms with Crippen molar-refractivity contribution in [1.29, 1.82) is 0 Å². The molecule has 8 heteroatoms. The highest BCUT2D eigenvalue weighted by molar-refractivity contribution is 7.23. The first-order valence-corrected chi connectivity index (χ1v) is 10.6. The molecule has 3 heterocycles.